The Balaban J connectivity index is 1.25. The van der Waals surface area contributed by atoms with E-state index in [1.165, 1.54) is 24.3 Å². The number of hydrogen-bond donors (Lipinski definition) is 2. The lowest BCUT2D eigenvalue weighted by atomic mass is 10.1. The van der Waals surface area contributed by atoms with Gasteiger partial charge in [-0.15, -0.1) is 0 Å². The van der Waals surface area contributed by atoms with Gasteiger partial charge in [-0.25, -0.2) is 4.39 Å². The molecule has 2 aromatic rings. The Morgan fingerprint density at radius 2 is 1.77 bits per heavy atom. The van der Waals surface area contributed by atoms with Crippen molar-refractivity contribution in [2.75, 3.05) is 52.5 Å². The average Bonchev–Trinajstić information content (AvgIpc) is 2.79. The third kappa shape index (κ3) is 4.40. The summed E-state index contributed by atoms with van der Waals surface area (Å²) in [4.78, 5) is 16.5. The fourth-order valence-electron chi connectivity index (χ4n) is 3.82. The molecule has 0 spiro atoms. The molecule has 0 saturated carbocycles. The zero-order valence-electron chi connectivity index (χ0n) is 16.7. The van der Waals surface area contributed by atoms with Gasteiger partial charge in [0.15, 0.2) is 11.5 Å². The minimum atomic E-state index is -0.878. The van der Waals surface area contributed by atoms with Gasteiger partial charge in [0.05, 0.1) is 0 Å². The molecule has 2 aliphatic heterocycles. The Morgan fingerprint density at radius 1 is 1.07 bits per heavy atom. The number of hydrogen-bond acceptors (Lipinski definition) is 6. The first-order valence-electron chi connectivity index (χ1n) is 10.1. The molecular weight excluding hydrogens is 389 g/mol. The van der Waals surface area contributed by atoms with E-state index >= 15 is 0 Å². The van der Waals surface area contributed by atoms with Crippen LogP contribution in [0.25, 0.3) is 0 Å². The summed E-state index contributed by atoms with van der Waals surface area (Å²) < 4.78 is 25.0. The van der Waals surface area contributed by atoms with E-state index in [1.54, 1.807) is 0 Å². The highest BCUT2D eigenvalue weighted by molar-refractivity contribution is 5.94. The van der Waals surface area contributed by atoms with Crippen LogP contribution in [0.1, 0.15) is 10.4 Å². The maximum atomic E-state index is 13.0. The third-order valence-electron chi connectivity index (χ3n) is 5.62. The van der Waals surface area contributed by atoms with Crippen LogP contribution in [0.5, 0.6) is 11.5 Å². The molecule has 2 aliphatic rings. The fraction of sp³-hybridized carbons (Fsp3) is 0.409. The number of rotatable bonds is 6. The zero-order valence-corrected chi connectivity index (χ0v) is 16.7. The Bertz CT molecular complexity index is 871. The topological polar surface area (TPSA) is 74.3 Å². The van der Waals surface area contributed by atoms with E-state index in [-0.39, 0.29) is 24.9 Å². The lowest BCUT2D eigenvalue weighted by molar-refractivity contribution is -0.163. The van der Waals surface area contributed by atoms with Crippen LogP contribution in [0.3, 0.4) is 0 Å². The standard InChI is InChI=1S/C22H26FN3O4/c23-18-7-5-17(6-8-18)21(28)24-9-10-25-11-13-26(14-12-25)22(15-27)16-29-19-3-1-2-4-20(19)30-22/h1-8,27H,9-16H2,(H,24,28). The summed E-state index contributed by atoms with van der Waals surface area (Å²) in [5.74, 6) is 0.765. The van der Waals surface area contributed by atoms with Crippen molar-refractivity contribution in [3.05, 3.63) is 59.9 Å². The van der Waals surface area contributed by atoms with Crippen molar-refractivity contribution in [1.29, 1.82) is 0 Å². The molecule has 2 heterocycles. The van der Waals surface area contributed by atoms with E-state index in [9.17, 15) is 14.3 Å². The van der Waals surface area contributed by atoms with Gasteiger partial charge in [0.1, 0.15) is 19.0 Å². The van der Waals surface area contributed by atoms with Crippen molar-refractivity contribution in [2.24, 2.45) is 0 Å². The van der Waals surface area contributed by atoms with E-state index in [2.05, 4.69) is 15.1 Å². The molecule has 1 unspecified atom stereocenters. The lowest BCUT2D eigenvalue weighted by Crippen LogP contribution is -2.65. The number of carbonyl (C=O) groups is 1. The summed E-state index contributed by atoms with van der Waals surface area (Å²) in [6.45, 7) is 4.36. The molecular formula is C22H26FN3O4. The van der Waals surface area contributed by atoms with Crippen LogP contribution in [0.4, 0.5) is 4.39 Å². The smallest absolute Gasteiger partial charge is 0.251 e. The molecule has 0 radical (unpaired) electrons. The zero-order chi connectivity index (χ0) is 21.0. The number of ether oxygens (including phenoxy) is 2. The van der Waals surface area contributed by atoms with Crippen molar-refractivity contribution < 1.29 is 23.8 Å². The number of para-hydroxylation sites is 2. The maximum absolute atomic E-state index is 13.0. The number of carbonyl (C=O) groups excluding carboxylic acids is 1. The Hall–Kier alpha value is -2.68. The number of aliphatic hydroxyl groups is 1. The number of fused-ring (bicyclic) bond motifs is 1. The monoisotopic (exact) mass is 415 g/mol. The largest absolute Gasteiger partial charge is 0.484 e. The first-order valence-corrected chi connectivity index (χ1v) is 10.1. The SMILES string of the molecule is O=C(NCCN1CCN(C2(CO)COc3ccccc3O2)CC1)c1ccc(F)cc1. The molecule has 4 rings (SSSR count). The van der Waals surface area contributed by atoms with Crippen molar-refractivity contribution in [2.45, 2.75) is 5.72 Å². The van der Waals surface area contributed by atoms with Crippen LogP contribution in [-0.2, 0) is 0 Å². The molecule has 0 bridgehead atoms. The van der Waals surface area contributed by atoms with Gasteiger partial charge in [0.2, 0.25) is 5.72 Å². The molecule has 160 valence electrons. The minimum absolute atomic E-state index is 0.158. The van der Waals surface area contributed by atoms with E-state index in [0.29, 0.717) is 30.2 Å². The number of nitrogens with one attached hydrogen (secondary N) is 1. The molecule has 1 saturated heterocycles. The summed E-state index contributed by atoms with van der Waals surface area (Å²) in [6.07, 6.45) is 0. The second-order valence-electron chi connectivity index (χ2n) is 7.53. The van der Waals surface area contributed by atoms with Gasteiger partial charge in [0, 0.05) is 44.8 Å². The van der Waals surface area contributed by atoms with Gasteiger partial charge in [-0.1, -0.05) is 12.1 Å². The number of nitrogens with zero attached hydrogens (tertiary/aromatic N) is 2. The van der Waals surface area contributed by atoms with Gasteiger partial charge in [-0.2, -0.15) is 0 Å². The van der Waals surface area contributed by atoms with Crippen LogP contribution in [0.15, 0.2) is 48.5 Å². The predicted octanol–water partition coefficient (Wildman–Crippen LogP) is 1.33. The summed E-state index contributed by atoms with van der Waals surface area (Å²) in [5.41, 5.74) is -0.433. The van der Waals surface area contributed by atoms with Crippen molar-refractivity contribution >= 4 is 5.91 Å². The Labute approximate surface area is 175 Å². The minimum Gasteiger partial charge on any atom is -0.484 e. The van der Waals surface area contributed by atoms with Crippen molar-refractivity contribution in [1.82, 2.24) is 15.1 Å². The van der Waals surface area contributed by atoms with Crippen LogP contribution < -0.4 is 14.8 Å². The molecule has 8 heteroatoms. The fourth-order valence-corrected chi connectivity index (χ4v) is 3.82. The molecule has 2 N–H and O–H groups in total. The average molecular weight is 415 g/mol. The quantitative estimate of drug-likeness (QED) is 0.742. The number of halogens is 1. The first kappa shape index (κ1) is 20.6. The lowest BCUT2D eigenvalue weighted by Gasteiger charge is -2.47. The molecule has 1 atom stereocenters. The molecule has 7 nitrogen and oxygen atoms in total. The molecule has 1 amide bonds. The highest BCUT2D eigenvalue weighted by Gasteiger charge is 2.44. The van der Waals surface area contributed by atoms with Crippen LogP contribution in [0.2, 0.25) is 0 Å². The highest BCUT2D eigenvalue weighted by Crippen LogP contribution is 2.36. The predicted molar refractivity (Wildman–Crippen MR) is 109 cm³/mol. The van der Waals surface area contributed by atoms with Crippen molar-refractivity contribution in [3.8, 4) is 11.5 Å². The first-order chi connectivity index (χ1) is 14.6. The number of benzene rings is 2. The molecule has 0 aromatic heterocycles. The number of amides is 1. The van der Waals surface area contributed by atoms with Gasteiger partial charge in [-0.3, -0.25) is 14.6 Å². The number of aliphatic hydroxyl groups excluding tert-OH is 1. The number of piperazine rings is 1. The van der Waals surface area contributed by atoms with Crippen LogP contribution >= 0.6 is 0 Å². The van der Waals surface area contributed by atoms with E-state index in [0.717, 1.165) is 26.2 Å². The molecule has 30 heavy (non-hydrogen) atoms. The van der Waals surface area contributed by atoms with E-state index < -0.39 is 5.72 Å². The maximum Gasteiger partial charge on any atom is 0.251 e. The second-order valence-corrected chi connectivity index (χ2v) is 7.53. The Morgan fingerprint density at radius 3 is 2.47 bits per heavy atom. The second kappa shape index (κ2) is 8.99. The normalized spacial score (nSPS) is 21.9. The van der Waals surface area contributed by atoms with Gasteiger partial charge >= 0.3 is 0 Å². The van der Waals surface area contributed by atoms with E-state index in [1.807, 2.05) is 24.3 Å². The van der Waals surface area contributed by atoms with Gasteiger partial charge in [0.25, 0.3) is 5.91 Å². The van der Waals surface area contributed by atoms with Crippen LogP contribution in [0, 0.1) is 5.82 Å². The highest BCUT2D eigenvalue weighted by atomic mass is 19.1. The van der Waals surface area contributed by atoms with E-state index in [4.69, 9.17) is 9.47 Å². The van der Waals surface area contributed by atoms with Gasteiger partial charge in [-0.05, 0) is 36.4 Å². The summed E-state index contributed by atoms with van der Waals surface area (Å²) >= 11 is 0. The van der Waals surface area contributed by atoms with Crippen LogP contribution in [-0.4, -0.2) is 79.0 Å². The molecule has 1 fully saturated rings. The van der Waals surface area contributed by atoms with Crippen molar-refractivity contribution in [3.63, 3.8) is 0 Å². The molecule has 0 aliphatic carbocycles. The summed E-state index contributed by atoms with van der Waals surface area (Å²) in [5, 5.41) is 13.0. The van der Waals surface area contributed by atoms with Gasteiger partial charge < -0.3 is 19.9 Å². The summed E-state index contributed by atoms with van der Waals surface area (Å²) in [6, 6.07) is 13.0. The molecule has 2 aromatic carbocycles. The Kier molecular flexibility index (Phi) is 6.17. The summed E-state index contributed by atoms with van der Waals surface area (Å²) in [7, 11) is 0. The third-order valence-corrected chi connectivity index (χ3v) is 5.62.